The Morgan fingerprint density at radius 1 is 0.912 bits per heavy atom. The molecule has 0 spiro atoms. The van der Waals surface area contributed by atoms with Gasteiger partial charge in [0.1, 0.15) is 0 Å². The number of carbonyl (C=O) groups excluding carboxylic acids is 1. The predicted molar refractivity (Wildman–Crippen MR) is 134 cm³/mol. The summed E-state index contributed by atoms with van der Waals surface area (Å²) in [6.45, 7) is 0. The number of rotatable bonds is 4. The molecule has 1 aliphatic heterocycles. The number of ketones is 1. The lowest BCUT2D eigenvalue weighted by Crippen LogP contribution is -2.27. The number of nitrogens with one attached hydrogen (secondary N) is 2. The zero-order chi connectivity index (χ0) is 23.8. The van der Waals surface area contributed by atoms with Gasteiger partial charge >= 0.3 is 0 Å². The number of hydrogen-bond acceptors (Lipinski definition) is 6. The van der Waals surface area contributed by atoms with E-state index in [-0.39, 0.29) is 17.4 Å². The SMILES string of the molecule is CN(C)c1ccc(C2CC(=O)C3=C(C2)Nc2ccccc2NC3c2cccc([N+](=O)[O-])c2)cc1. The Kier molecular flexibility index (Phi) is 5.53. The number of nitro groups is 1. The van der Waals surface area contributed by atoms with Gasteiger partial charge in [-0.3, -0.25) is 14.9 Å². The molecule has 2 atom stereocenters. The number of para-hydroxylation sites is 2. The lowest BCUT2D eigenvalue weighted by molar-refractivity contribution is -0.384. The van der Waals surface area contributed by atoms with Gasteiger partial charge in [-0.1, -0.05) is 36.4 Å². The first-order valence-corrected chi connectivity index (χ1v) is 11.3. The number of hydrogen-bond donors (Lipinski definition) is 2. The van der Waals surface area contributed by atoms with E-state index in [1.165, 1.54) is 6.07 Å². The van der Waals surface area contributed by atoms with Crippen LogP contribution in [0.2, 0.25) is 0 Å². The highest BCUT2D eigenvalue weighted by molar-refractivity contribution is 6.01. The van der Waals surface area contributed by atoms with Gasteiger partial charge in [0, 0.05) is 49.6 Å². The molecule has 0 saturated heterocycles. The minimum Gasteiger partial charge on any atom is -0.378 e. The van der Waals surface area contributed by atoms with Gasteiger partial charge in [-0.2, -0.15) is 0 Å². The Labute approximate surface area is 198 Å². The molecule has 172 valence electrons. The van der Waals surface area contributed by atoms with E-state index in [1.807, 2.05) is 44.4 Å². The second kappa shape index (κ2) is 8.67. The van der Waals surface area contributed by atoms with Crippen LogP contribution in [0.4, 0.5) is 22.7 Å². The first-order valence-electron chi connectivity index (χ1n) is 11.3. The average Bonchev–Trinajstić information content (AvgIpc) is 3.01. The number of nitrogens with zero attached hydrogens (tertiary/aromatic N) is 2. The molecule has 2 aliphatic rings. The molecule has 1 aliphatic carbocycles. The second-order valence-electron chi connectivity index (χ2n) is 9.01. The van der Waals surface area contributed by atoms with Crippen LogP contribution in [-0.4, -0.2) is 24.8 Å². The standard InChI is InChI=1S/C27H26N4O3/c1-30(2)20-12-10-17(11-13-20)19-15-24-26(25(32)16-19)27(18-6-5-7-21(14-18)31(33)34)29-23-9-4-3-8-22(23)28-24/h3-14,19,27-29H,15-16H2,1-2H3. The molecule has 0 aromatic heterocycles. The molecule has 3 aromatic carbocycles. The maximum atomic E-state index is 13.6. The molecule has 2 N–H and O–H groups in total. The van der Waals surface area contributed by atoms with Crippen molar-refractivity contribution in [1.82, 2.24) is 0 Å². The lowest BCUT2D eigenvalue weighted by Gasteiger charge is -2.30. The first-order chi connectivity index (χ1) is 16.4. The lowest BCUT2D eigenvalue weighted by atomic mass is 9.78. The summed E-state index contributed by atoms with van der Waals surface area (Å²) < 4.78 is 0. The largest absolute Gasteiger partial charge is 0.378 e. The number of anilines is 3. The van der Waals surface area contributed by atoms with Crippen molar-refractivity contribution in [3.05, 3.63) is 105 Å². The van der Waals surface area contributed by atoms with Crippen LogP contribution in [0, 0.1) is 10.1 Å². The number of benzene rings is 3. The van der Waals surface area contributed by atoms with E-state index < -0.39 is 11.0 Å². The Bertz CT molecular complexity index is 1300. The fourth-order valence-corrected chi connectivity index (χ4v) is 4.84. The molecule has 0 bridgehead atoms. The Balaban J connectivity index is 1.57. The fourth-order valence-electron chi connectivity index (χ4n) is 4.84. The van der Waals surface area contributed by atoms with Crippen molar-refractivity contribution in [1.29, 1.82) is 0 Å². The van der Waals surface area contributed by atoms with Crippen LogP contribution >= 0.6 is 0 Å². The van der Waals surface area contributed by atoms with E-state index in [0.717, 1.165) is 28.3 Å². The molecule has 7 nitrogen and oxygen atoms in total. The second-order valence-corrected chi connectivity index (χ2v) is 9.01. The van der Waals surface area contributed by atoms with Crippen molar-refractivity contribution in [2.75, 3.05) is 29.6 Å². The van der Waals surface area contributed by atoms with Gasteiger partial charge in [0.2, 0.25) is 0 Å². The van der Waals surface area contributed by atoms with Crippen molar-refractivity contribution in [2.24, 2.45) is 0 Å². The number of non-ortho nitro benzene ring substituents is 1. The zero-order valence-corrected chi connectivity index (χ0v) is 19.1. The highest BCUT2D eigenvalue weighted by Crippen LogP contribution is 2.44. The predicted octanol–water partition coefficient (Wildman–Crippen LogP) is 5.64. The fraction of sp³-hybridized carbons (Fsp3) is 0.222. The van der Waals surface area contributed by atoms with Crippen LogP contribution in [0.15, 0.2) is 84.1 Å². The molecule has 2 unspecified atom stereocenters. The van der Waals surface area contributed by atoms with Crippen molar-refractivity contribution in [3.63, 3.8) is 0 Å². The number of carbonyl (C=O) groups is 1. The van der Waals surface area contributed by atoms with Gasteiger partial charge in [0.25, 0.3) is 5.69 Å². The number of Topliss-reactive ketones (excluding diaryl/α,β-unsaturated/α-hetero) is 1. The number of nitro benzene ring substituents is 1. The summed E-state index contributed by atoms with van der Waals surface area (Å²) in [4.78, 5) is 26.7. The monoisotopic (exact) mass is 454 g/mol. The van der Waals surface area contributed by atoms with Crippen molar-refractivity contribution >= 4 is 28.5 Å². The molecule has 0 radical (unpaired) electrons. The van der Waals surface area contributed by atoms with E-state index in [4.69, 9.17) is 0 Å². The van der Waals surface area contributed by atoms with Crippen LogP contribution < -0.4 is 15.5 Å². The third-order valence-electron chi connectivity index (χ3n) is 6.60. The summed E-state index contributed by atoms with van der Waals surface area (Å²) in [5, 5.41) is 18.4. The highest BCUT2D eigenvalue weighted by atomic mass is 16.6. The van der Waals surface area contributed by atoms with Crippen LogP contribution in [0.3, 0.4) is 0 Å². The molecule has 0 fully saturated rings. The minimum absolute atomic E-state index is 0.00839. The summed E-state index contributed by atoms with van der Waals surface area (Å²) in [7, 11) is 4.01. The molecule has 34 heavy (non-hydrogen) atoms. The first kappa shape index (κ1) is 21.7. The van der Waals surface area contributed by atoms with Gasteiger partial charge in [0.05, 0.1) is 22.3 Å². The maximum Gasteiger partial charge on any atom is 0.269 e. The third kappa shape index (κ3) is 4.01. The van der Waals surface area contributed by atoms with Crippen LogP contribution in [0.5, 0.6) is 0 Å². The molecule has 0 saturated carbocycles. The number of fused-ring (bicyclic) bond motifs is 1. The van der Waals surface area contributed by atoms with Gasteiger partial charge in [-0.25, -0.2) is 0 Å². The highest BCUT2D eigenvalue weighted by Gasteiger charge is 2.36. The topological polar surface area (TPSA) is 87.5 Å². The normalized spacial score (nSPS) is 19.3. The van der Waals surface area contributed by atoms with Crippen LogP contribution in [0.25, 0.3) is 0 Å². The van der Waals surface area contributed by atoms with E-state index >= 15 is 0 Å². The van der Waals surface area contributed by atoms with Crippen LogP contribution in [0.1, 0.15) is 35.9 Å². The summed E-state index contributed by atoms with van der Waals surface area (Å²) in [6, 6.07) is 22.2. The Hall–Kier alpha value is -4.13. The van der Waals surface area contributed by atoms with Gasteiger partial charge in [0.15, 0.2) is 5.78 Å². The van der Waals surface area contributed by atoms with Gasteiger partial charge in [-0.15, -0.1) is 0 Å². The molecular weight excluding hydrogens is 428 g/mol. The maximum absolute atomic E-state index is 13.6. The van der Waals surface area contributed by atoms with Crippen molar-refractivity contribution in [2.45, 2.75) is 24.8 Å². The van der Waals surface area contributed by atoms with Crippen molar-refractivity contribution < 1.29 is 9.72 Å². The molecule has 3 aromatic rings. The van der Waals surface area contributed by atoms with E-state index in [2.05, 4.69) is 39.8 Å². The summed E-state index contributed by atoms with van der Waals surface area (Å²) in [5.74, 6) is 0.109. The minimum atomic E-state index is -0.476. The third-order valence-corrected chi connectivity index (χ3v) is 6.60. The molecule has 0 amide bonds. The molecule has 5 rings (SSSR count). The van der Waals surface area contributed by atoms with Crippen LogP contribution in [-0.2, 0) is 4.79 Å². The zero-order valence-electron chi connectivity index (χ0n) is 19.1. The van der Waals surface area contributed by atoms with E-state index in [0.29, 0.717) is 24.0 Å². The van der Waals surface area contributed by atoms with Gasteiger partial charge in [-0.05, 0) is 47.7 Å². The quantitative estimate of drug-likeness (QED) is 0.392. The molecular formula is C27H26N4O3. The smallest absolute Gasteiger partial charge is 0.269 e. The summed E-state index contributed by atoms with van der Waals surface area (Å²) in [6.07, 6.45) is 1.08. The molecule has 7 heteroatoms. The Morgan fingerprint density at radius 2 is 1.65 bits per heavy atom. The average molecular weight is 455 g/mol. The van der Waals surface area contributed by atoms with E-state index in [1.54, 1.807) is 12.1 Å². The summed E-state index contributed by atoms with van der Waals surface area (Å²) >= 11 is 0. The van der Waals surface area contributed by atoms with E-state index in [9.17, 15) is 14.9 Å². The number of allylic oxidation sites excluding steroid dienone is 1. The summed E-state index contributed by atoms with van der Waals surface area (Å²) in [5.41, 5.74) is 6.21. The Morgan fingerprint density at radius 3 is 2.35 bits per heavy atom. The van der Waals surface area contributed by atoms with Gasteiger partial charge < -0.3 is 15.5 Å². The molecule has 1 heterocycles. The van der Waals surface area contributed by atoms with Crippen molar-refractivity contribution in [3.8, 4) is 0 Å².